The molecule has 4 nitrogen and oxygen atoms in total. The van der Waals surface area contributed by atoms with E-state index in [1.807, 2.05) is 6.07 Å². The summed E-state index contributed by atoms with van der Waals surface area (Å²) >= 11 is 0. The molecule has 1 saturated carbocycles. The lowest BCUT2D eigenvalue weighted by Gasteiger charge is -2.41. The lowest BCUT2D eigenvalue weighted by molar-refractivity contribution is 0.0997. The first kappa shape index (κ1) is 19.6. The normalized spacial score (nSPS) is 22.3. The third kappa shape index (κ3) is 3.93. The molecule has 3 aliphatic rings. The monoisotopic (exact) mass is 374 g/mol. The van der Waals surface area contributed by atoms with Gasteiger partial charge in [-0.1, -0.05) is 31.4 Å². The van der Waals surface area contributed by atoms with E-state index >= 15 is 0 Å². The minimum Gasteiger partial charge on any atom is -0.454 e. The summed E-state index contributed by atoms with van der Waals surface area (Å²) < 4.78 is 11.4. The molecule has 0 bridgehead atoms. The Morgan fingerprint density at radius 3 is 2.50 bits per heavy atom. The molecule has 0 aromatic heterocycles. The third-order valence-corrected chi connectivity index (χ3v) is 5.39. The summed E-state index contributed by atoms with van der Waals surface area (Å²) in [4.78, 5) is 2.67. The average molecular weight is 375 g/mol. The van der Waals surface area contributed by atoms with E-state index in [9.17, 15) is 0 Å². The molecule has 0 amide bonds. The van der Waals surface area contributed by atoms with Crippen LogP contribution in [0.25, 0.3) is 0 Å². The van der Waals surface area contributed by atoms with Gasteiger partial charge in [0.1, 0.15) is 0 Å². The smallest absolute Gasteiger partial charge is 0.231 e. The van der Waals surface area contributed by atoms with Gasteiger partial charge in [0.2, 0.25) is 6.79 Å². The van der Waals surface area contributed by atoms with Crippen LogP contribution in [0.3, 0.4) is 0 Å². The van der Waals surface area contributed by atoms with Crippen molar-refractivity contribution < 1.29 is 9.47 Å². The number of nitrogens with one attached hydrogen (secondary N) is 1. The highest BCUT2D eigenvalue weighted by atomic mass is 35.5. The molecule has 1 saturated heterocycles. The first-order valence-electron chi connectivity index (χ1n) is 8.77. The summed E-state index contributed by atoms with van der Waals surface area (Å²) in [7, 11) is 0. The number of rotatable bonds is 3. The molecule has 136 valence electrons. The molecule has 0 spiro atoms. The number of ether oxygens (including phenoxy) is 2. The second-order valence-electron chi connectivity index (χ2n) is 6.71. The fraction of sp³-hybridized carbons (Fsp3) is 0.667. The highest BCUT2D eigenvalue weighted by molar-refractivity contribution is 5.85. The van der Waals surface area contributed by atoms with Gasteiger partial charge in [-0.05, 0) is 24.8 Å². The first-order valence-corrected chi connectivity index (χ1v) is 8.77. The van der Waals surface area contributed by atoms with E-state index in [-0.39, 0.29) is 24.8 Å². The Balaban J connectivity index is 0.00000104. The maximum atomic E-state index is 5.83. The fourth-order valence-corrected chi connectivity index (χ4v) is 4.34. The number of halogens is 2. The molecule has 24 heavy (non-hydrogen) atoms. The van der Waals surface area contributed by atoms with Gasteiger partial charge in [0, 0.05) is 37.8 Å². The Bertz CT molecular complexity index is 500. The Labute approximate surface area is 157 Å². The molecule has 1 N–H and O–H groups in total. The van der Waals surface area contributed by atoms with Gasteiger partial charge >= 0.3 is 0 Å². The number of hydrogen-bond acceptors (Lipinski definition) is 4. The summed E-state index contributed by atoms with van der Waals surface area (Å²) in [6, 6.07) is 6.90. The van der Waals surface area contributed by atoms with Crippen LogP contribution in [-0.2, 0) is 0 Å². The Hall–Kier alpha value is -0.680. The first-order chi connectivity index (χ1) is 10.9. The van der Waals surface area contributed by atoms with Crippen molar-refractivity contribution in [2.45, 2.75) is 38.1 Å². The van der Waals surface area contributed by atoms with Crippen LogP contribution in [0.1, 0.15) is 43.7 Å². The van der Waals surface area contributed by atoms with Gasteiger partial charge in [-0.25, -0.2) is 0 Å². The van der Waals surface area contributed by atoms with E-state index in [0.29, 0.717) is 12.8 Å². The van der Waals surface area contributed by atoms with E-state index in [4.69, 9.17) is 9.47 Å². The summed E-state index contributed by atoms with van der Waals surface area (Å²) in [5.74, 6) is 2.67. The number of nitrogens with zero attached hydrogens (tertiary/aromatic N) is 1. The molecule has 2 aliphatic heterocycles. The lowest BCUT2D eigenvalue weighted by atomic mass is 9.80. The van der Waals surface area contributed by atoms with Crippen LogP contribution in [0.5, 0.6) is 11.5 Å². The molecule has 1 atom stereocenters. The molecule has 4 rings (SSSR count). The van der Waals surface area contributed by atoms with Crippen molar-refractivity contribution in [2.75, 3.05) is 33.0 Å². The number of benzene rings is 1. The highest BCUT2D eigenvalue weighted by Gasteiger charge is 2.34. The topological polar surface area (TPSA) is 33.7 Å². The van der Waals surface area contributed by atoms with Crippen molar-refractivity contribution in [1.82, 2.24) is 10.2 Å². The minimum atomic E-state index is 0. The lowest BCUT2D eigenvalue weighted by Crippen LogP contribution is -2.47. The molecule has 0 radical (unpaired) electrons. The summed E-state index contributed by atoms with van der Waals surface area (Å²) in [5.41, 5.74) is 1.35. The van der Waals surface area contributed by atoms with Gasteiger partial charge in [0.05, 0.1) is 0 Å². The predicted octanol–water partition coefficient (Wildman–Crippen LogP) is 3.79. The third-order valence-electron chi connectivity index (χ3n) is 5.39. The van der Waals surface area contributed by atoms with Gasteiger partial charge in [0.25, 0.3) is 0 Å². The Kier molecular flexibility index (Phi) is 7.48. The van der Waals surface area contributed by atoms with Crippen molar-refractivity contribution in [2.24, 2.45) is 5.92 Å². The van der Waals surface area contributed by atoms with Crippen molar-refractivity contribution in [3.05, 3.63) is 23.8 Å². The maximum absolute atomic E-state index is 5.83. The number of piperazine rings is 1. The predicted molar refractivity (Wildman–Crippen MR) is 101 cm³/mol. The molecule has 2 heterocycles. The van der Waals surface area contributed by atoms with E-state index in [0.717, 1.165) is 43.6 Å². The zero-order valence-corrected chi connectivity index (χ0v) is 15.7. The molecular formula is C18H28Cl2N2O2. The van der Waals surface area contributed by atoms with Gasteiger partial charge in [-0.15, -0.1) is 24.8 Å². The van der Waals surface area contributed by atoms with Gasteiger partial charge < -0.3 is 14.8 Å². The fourth-order valence-electron chi connectivity index (χ4n) is 4.34. The van der Waals surface area contributed by atoms with Crippen molar-refractivity contribution in [1.29, 1.82) is 0 Å². The van der Waals surface area contributed by atoms with Crippen molar-refractivity contribution >= 4 is 24.8 Å². The van der Waals surface area contributed by atoms with Crippen LogP contribution >= 0.6 is 24.8 Å². The van der Waals surface area contributed by atoms with Crippen LogP contribution in [0.2, 0.25) is 0 Å². The number of hydrogen-bond donors (Lipinski definition) is 1. The quantitative estimate of drug-likeness (QED) is 0.872. The molecule has 1 aromatic carbocycles. The summed E-state index contributed by atoms with van der Waals surface area (Å²) in [6.07, 6.45) is 6.84. The molecule has 2 fully saturated rings. The van der Waals surface area contributed by atoms with E-state index in [2.05, 4.69) is 22.3 Å². The zero-order valence-electron chi connectivity index (χ0n) is 14.0. The largest absolute Gasteiger partial charge is 0.454 e. The van der Waals surface area contributed by atoms with Crippen LogP contribution in [-0.4, -0.2) is 37.9 Å². The van der Waals surface area contributed by atoms with Crippen LogP contribution < -0.4 is 14.8 Å². The van der Waals surface area contributed by atoms with Crippen molar-refractivity contribution in [3.63, 3.8) is 0 Å². The number of para-hydroxylation sites is 1. The highest BCUT2D eigenvalue weighted by Crippen LogP contribution is 2.46. The maximum Gasteiger partial charge on any atom is 0.231 e. The Morgan fingerprint density at radius 1 is 1.00 bits per heavy atom. The molecule has 6 heteroatoms. The standard InChI is InChI=1S/C18H26N2O2.2ClH/c1-2-5-14(6-3-1)17(20-11-9-19-10-12-20)15-7-4-8-16-18(15)22-13-21-16;;/h4,7-8,14,17,19H,1-3,5-6,9-13H2;2*1H/t17-;;/m0../s1. The second kappa shape index (κ2) is 9.14. The van der Waals surface area contributed by atoms with E-state index in [1.165, 1.54) is 37.7 Å². The zero-order chi connectivity index (χ0) is 14.8. The minimum absolute atomic E-state index is 0. The molecule has 1 aliphatic carbocycles. The van der Waals surface area contributed by atoms with Crippen LogP contribution in [0, 0.1) is 5.92 Å². The average Bonchev–Trinajstić information content (AvgIpc) is 3.07. The number of fused-ring (bicyclic) bond motifs is 1. The summed E-state index contributed by atoms with van der Waals surface area (Å²) in [5, 5.41) is 3.48. The van der Waals surface area contributed by atoms with E-state index < -0.39 is 0 Å². The van der Waals surface area contributed by atoms with E-state index in [1.54, 1.807) is 0 Å². The van der Waals surface area contributed by atoms with Crippen LogP contribution in [0.4, 0.5) is 0 Å². The van der Waals surface area contributed by atoms with Gasteiger partial charge in [0.15, 0.2) is 11.5 Å². The summed E-state index contributed by atoms with van der Waals surface area (Å²) in [6.45, 7) is 4.81. The van der Waals surface area contributed by atoms with Crippen LogP contribution in [0.15, 0.2) is 18.2 Å². The van der Waals surface area contributed by atoms with Crippen molar-refractivity contribution in [3.8, 4) is 11.5 Å². The molecule has 0 unspecified atom stereocenters. The van der Waals surface area contributed by atoms with Gasteiger partial charge in [-0.3, -0.25) is 4.90 Å². The second-order valence-corrected chi connectivity index (χ2v) is 6.71. The SMILES string of the molecule is Cl.Cl.c1cc2c(c([C@H](C3CCCCC3)N3CCNCC3)c1)OCO2. The van der Waals surface area contributed by atoms with Gasteiger partial charge in [-0.2, -0.15) is 0 Å². The molecule has 1 aromatic rings. The Morgan fingerprint density at radius 2 is 1.75 bits per heavy atom. The molecular weight excluding hydrogens is 347 g/mol.